The van der Waals surface area contributed by atoms with Crippen molar-refractivity contribution in [3.8, 4) is 11.3 Å². The number of aromatic nitrogens is 2. The molecule has 1 aromatic heterocycles. The quantitative estimate of drug-likeness (QED) is 0.796. The predicted octanol–water partition coefficient (Wildman–Crippen LogP) is 3.28. The zero-order valence-corrected chi connectivity index (χ0v) is 16.9. The molecule has 1 aliphatic heterocycles. The molecule has 0 unspecified atom stereocenters. The average molecular weight is 410 g/mol. The van der Waals surface area contributed by atoms with E-state index in [4.69, 9.17) is 28.9 Å². The minimum atomic E-state index is -0.611. The highest BCUT2D eigenvalue weighted by Crippen LogP contribution is 2.32. The molecule has 0 spiro atoms. The van der Waals surface area contributed by atoms with Crippen LogP contribution < -0.4 is 11.1 Å². The largest absolute Gasteiger partial charge is 0.365 e. The fraction of sp³-hybridized carbons (Fsp3) is 0.389. The van der Waals surface area contributed by atoms with Crippen molar-refractivity contribution in [3.05, 3.63) is 39.5 Å². The maximum absolute atomic E-state index is 12.5. The van der Waals surface area contributed by atoms with E-state index in [2.05, 4.69) is 10.4 Å². The van der Waals surface area contributed by atoms with Crippen LogP contribution in [-0.4, -0.2) is 38.7 Å². The monoisotopic (exact) mass is 409 g/mol. The molecule has 2 heterocycles. The number of hydrogen-bond donors (Lipinski definition) is 2. The smallest absolute Gasteiger partial charge is 0.318 e. The minimum Gasteiger partial charge on any atom is -0.365 e. The molecular weight excluding hydrogens is 389 g/mol. The van der Waals surface area contributed by atoms with Gasteiger partial charge in [0.2, 0.25) is 0 Å². The third kappa shape index (κ3) is 4.20. The number of nitrogens with zero attached hydrogens (tertiary/aromatic N) is 3. The van der Waals surface area contributed by atoms with Crippen LogP contribution in [0, 0.1) is 0 Å². The normalized spacial score (nSPS) is 14.0. The summed E-state index contributed by atoms with van der Waals surface area (Å²) in [6, 6.07) is 4.76. The summed E-state index contributed by atoms with van der Waals surface area (Å²) in [7, 11) is 0. The maximum atomic E-state index is 12.5. The highest BCUT2D eigenvalue weighted by atomic mass is 35.5. The molecule has 3 amide bonds. The summed E-state index contributed by atoms with van der Waals surface area (Å²) in [4.78, 5) is 26.3. The number of carbonyl (C=O) groups is 2. The molecule has 9 heteroatoms. The Bertz CT molecular complexity index is 897. The Morgan fingerprint density at radius 1 is 1.15 bits per heavy atom. The number of fused-ring (bicyclic) bond motifs is 1. The van der Waals surface area contributed by atoms with Crippen molar-refractivity contribution >= 4 is 35.1 Å². The summed E-state index contributed by atoms with van der Waals surface area (Å²) < 4.78 is 1.71. The van der Waals surface area contributed by atoms with Crippen LogP contribution in [0.15, 0.2) is 18.2 Å². The molecule has 0 radical (unpaired) electrons. The maximum Gasteiger partial charge on any atom is 0.318 e. The zero-order valence-electron chi connectivity index (χ0n) is 15.3. The van der Waals surface area contributed by atoms with E-state index in [0.29, 0.717) is 40.1 Å². The van der Waals surface area contributed by atoms with Crippen LogP contribution >= 0.6 is 23.2 Å². The second kappa shape index (κ2) is 7.05. The highest BCUT2D eigenvalue weighted by molar-refractivity contribution is 6.35. The Morgan fingerprint density at radius 3 is 2.33 bits per heavy atom. The van der Waals surface area contributed by atoms with E-state index >= 15 is 0 Å². The van der Waals surface area contributed by atoms with Crippen molar-refractivity contribution in [1.29, 1.82) is 0 Å². The van der Waals surface area contributed by atoms with Gasteiger partial charge in [0.25, 0.3) is 5.91 Å². The van der Waals surface area contributed by atoms with Gasteiger partial charge in [-0.3, -0.25) is 9.48 Å². The van der Waals surface area contributed by atoms with Crippen molar-refractivity contribution in [2.24, 2.45) is 5.73 Å². The van der Waals surface area contributed by atoms with Gasteiger partial charge >= 0.3 is 6.03 Å². The summed E-state index contributed by atoms with van der Waals surface area (Å²) in [5.74, 6) is -0.611. The van der Waals surface area contributed by atoms with Crippen LogP contribution in [0.3, 0.4) is 0 Å². The number of carbonyl (C=O) groups excluding carboxylic acids is 2. The Morgan fingerprint density at radius 2 is 1.78 bits per heavy atom. The first-order chi connectivity index (χ1) is 12.5. The summed E-state index contributed by atoms with van der Waals surface area (Å²) >= 11 is 12.2. The van der Waals surface area contributed by atoms with Crippen LogP contribution in [0.4, 0.5) is 4.79 Å². The first kappa shape index (κ1) is 19.5. The second-order valence-electron chi connectivity index (χ2n) is 7.52. The Hall–Kier alpha value is -2.25. The molecule has 0 fully saturated rings. The van der Waals surface area contributed by atoms with E-state index in [-0.39, 0.29) is 23.7 Å². The van der Waals surface area contributed by atoms with Crippen LogP contribution in [0.25, 0.3) is 11.3 Å². The highest BCUT2D eigenvalue weighted by Gasteiger charge is 2.30. The van der Waals surface area contributed by atoms with Crippen molar-refractivity contribution in [2.45, 2.75) is 39.4 Å². The molecule has 1 aromatic carbocycles. The first-order valence-corrected chi connectivity index (χ1v) is 9.24. The van der Waals surface area contributed by atoms with Crippen LogP contribution in [-0.2, 0) is 13.1 Å². The lowest BCUT2D eigenvalue weighted by Crippen LogP contribution is -2.50. The SMILES string of the molecule is CC(C)(C)NC(=O)N1CCn2nc(-c3cc(Cl)cc(Cl)c3)c(C(N)=O)c2C1. The number of benzene rings is 1. The topological polar surface area (TPSA) is 93.2 Å². The lowest BCUT2D eigenvalue weighted by atomic mass is 10.0. The predicted molar refractivity (Wildman–Crippen MR) is 105 cm³/mol. The molecule has 0 aliphatic carbocycles. The molecule has 1 aliphatic rings. The third-order valence-electron chi connectivity index (χ3n) is 4.13. The van der Waals surface area contributed by atoms with Gasteiger partial charge in [0.05, 0.1) is 24.3 Å². The summed E-state index contributed by atoms with van der Waals surface area (Å²) in [6.45, 7) is 6.91. The number of nitrogens with one attached hydrogen (secondary N) is 1. The fourth-order valence-corrected chi connectivity index (χ4v) is 3.57. The zero-order chi connectivity index (χ0) is 19.9. The summed E-state index contributed by atoms with van der Waals surface area (Å²) in [5, 5.41) is 8.33. The Balaban J connectivity index is 2.00. The molecule has 0 bridgehead atoms. The van der Waals surface area contributed by atoms with E-state index in [1.807, 2.05) is 20.8 Å². The van der Waals surface area contributed by atoms with E-state index < -0.39 is 5.91 Å². The van der Waals surface area contributed by atoms with Gasteiger partial charge < -0.3 is 16.0 Å². The van der Waals surface area contributed by atoms with Crippen molar-refractivity contribution in [1.82, 2.24) is 20.0 Å². The van der Waals surface area contributed by atoms with Crippen molar-refractivity contribution in [2.75, 3.05) is 6.54 Å². The molecule has 0 saturated carbocycles. The first-order valence-electron chi connectivity index (χ1n) is 8.48. The molecule has 144 valence electrons. The number of rotatable bonds is 2. The molecule has 0 saturated heterocycles. The number of amides is 3. The molecule has 7 nitrogen and oxygen atoms in total. The molecule has 0 atom stereocenters. The van der Waals surface area contributed by atoms with Gasteiger partial charge in [-0.2, -0.15) is 5.10 Å². The number of primary amides is 1. The van der Waals surface area contributed by atoms with Gasteiger partial charge in [0.1, 0.15) is 5.69 Å². The van der Waals surface area contributed by atoms with E-state index in [9.17, 15) is 9.59 Å². The van der Waals surface area contributed by atoms with Gasteiger partial charge in [0.15, 0.2) is 0 Å². The van der Waals surface area contributed by atoms with Crippen LogP contribution in [0.2, 0.25) is 10.0 Å². The second-order valence-corrected chi connectivity index (χ2v) is 8.39. The number of hydrogen-bond acceptors (Lipinski definition) is 3. The van der Waals surface area contributed by atoms with Crippen molar-refractivity contribution < 1.29 is 9.59 Å². The summed E-state index contributed by atoms with van der Waals surface area (Å²) in [5.41, 5.74) is 7.19. The lowest BCUT2D eigenvalue weighted by molar-refractivity contribution is 0.0997. The van der Waals surface area contributed by atoms with Crippen LogP contribution in [0.5, 0.6) is 0 Å². The Labute approximate surface area is 167 Å². The van der Waals surface area contributed by atoms with Gasteiger partial charge in [-0.1, -0.05) is 23.2 Å². The Kier molecular flexibility index (Phi) is 5.10. The third-order valence-corrected chi connectivity index (χ3v) is 4.57. The van der Waals surface area contributed by atoms with E-state index in [1.54, 1.807) is 27.8 Å². The number of halogens is 2. The average Bonchev–Trinajstić information content (AvgIpc) is 2.90. The fourth-order valence-electron chi connectivity index (χ4n) is 3.04. The molecule has 27 heavy (non-hydrogen) atoms. The van der Waals surface area contributed by atoms with Gasteiger partial charge in [-0.15, -0.1) is 0 Å². The number of nitrogens with two attached hydrogens (primary N) is 1. The molecule has 3 N–H and O–H groups in total. The summed E-state index contributed by atoms with van der Waals surface area (Å²) in [6.07, 6.45) is 0. The van der Waals surface area contributed by atoms with Gasteiger partial charge in [-0.05, 0) is 39.0 Å². The van der Waals surface area contributed by atoms with Crippen molar-refractivity contribution in [3.63, 3.8) is 0 Å². The van der Waals surface area contributed by atoms with E-state index in [1.165, 1.54) is 0 Å². The van der Waals surface area contributed by atoms with Gasteiger partial charge in [-0.25, -0.2) is 4.79 Å². The molecular formula is C18H21Cl2N5O2. The molecule has 3 rings (SSSR count). The van der Waals surface area contributed by atoms with Crippen LogP contribution in [0.1, 0.15) is 36.8 Å². The van der Waals surface area contributed by atoms with Gasteiger partial charge in [0, 0.05) is 27.7 Å². The number of urea groups is 1. The molecule has 2 aromatic rings. The minimum absolute atomic E-state index is 0.197. The van der Waals surface area contributed by atoms with E-state index in [0.717, 1.165) is 0 Å². The standard InChI is InChI=1S/C18H21Cl2N5O2/c1-18(2,3)22-17(27)24-4-5-25-13(9-24)14(16(21)26)15(23-25)10-6-11(19)8-12(20)7-10/h6-8H,4-5,9H2,1-3H3,(H2,21,26)(H,22,27). The lowest BCUT2D eigenvalue weighted by Gasteiger charge is -2.31.